The summed E-state index contributed by atoms with van der Waals surface area (Å²) < 4.78 is 0. The highest BCUT2D eigenvalue weighted by Crippen LogP contribution is 2.20. The Kier molecular flexibility index (Phi) is 6.45. The highest BCUT2D eigenvalue weighted by Gasteiger charge is 2.25. The van der Waals surface area contributed by atoms with Crippen molar-refractivity contribution in [2.45, 2.75) is 57.2 Å². The van der Waals surface area contributed by atoms with Gasteiger partial charge in [-0.25, -0.2) is 0 Å². The van der Waals surface area contributed by atoms with Gasteiger partial charge < -0.3 is 15.5 Å². The molecule has 1 saturated carbocycles. The van der Waals surface area contributed by atoms with E-state index in [0.717, 1.165) is 58.2 Å². The lowest BCUT2D eigenvalue weighted by molar-refractivity contribution is 0.0717. The smallest absolute Gasteiger partial charge is 0.251 e. The molecule has 2 unspecified atom stereocenters. The van der Waals surface area contributed by atoms with E-state index in [9.17, 15) is 15.0 Å². The average Bonchev–Trinajstić information content (AvgIpc) is 2.65. The highest BCUT2D eigenvalue weighted by molar-refractivity contribution is 5.94. The second-order valence-electron chi connectivity index (χ2n) is 7.53. The Morgan fingerprint density at radius 2 is 1.76 bits per heavy atom. The average molecular weight is 346 g/mol. The topological polar surface area (TPSA) is 72.8 Å². The molecule has 2 fully saturated rings. The van der Waals surface area contributed by atoms with Crippen molar-refractivity contribution < 1.29 is 15.0 Å². The van der Waals surface area contributed by atoms with Crippen LogP contribution in [-0.4, -0.2) is 52.9 Å². The van der Waals surface area contributed by atoms with Crippen LogP contribution in [0, 0.1) is 5.92 Å². The van der Waals surface area contributed by atoms with E-state index in [1.54, 1.807) is 0 Å². The van der Waals surface area contributed by atoms with Crippen molar-refractivity contribution >= 4 is 5.91 Å². The molecule has 5 nitrogen and oxygen atoms in total. The third kappa shape index (κ3) is 5.03. The predicted molar refractivity (Wildman–Crippen MR) is 97.3 cm³/mol. The molecule has 3 N–H and O–H groups in total. The van der Waals surface area contributed by atoms with Gasteiger partial charge in [-0.1, -0.05) is 25.0 Å². The Bertz CT molecular complexity index is 553. The summed E-state index contributed by atoms with van der Waals surface area (Å²) in [7, 11) is 0. The Morgan fingerprint density at radius 3 is 2.40 bits per heavy atom. The number of hydrogen-bond donors (Lipinski definition) is 3. The van der Waals surface area contributed by atoms with Crippen LogP contribution < -0.4 is 5.32 Å². The van der Waals surface area contributed by atoms with Crippen molar-refractivity contribution in [2.75, 3.05) is 19.7 Å². The lowest BCUT2D eigenvalue weighted by Crippen LogP contribution is -2.45. The molecule has 5 heteroatoms. The quantitative estimate of drug-likeness (QED) is 0.762. The number of rotatable bonds is 5. The number of aliphatic hydroxyl groups excluding tert-OH is 2. The van der Waals surface area contributed by atoms with Gasteiger partial charge in [-0.3, -0.25) is 9.69 Å². The van der Waals surface area contributed by atoms with Crippen LogP contribution in [0.5, 0.6) is 0 Å². The van der Waals surface area contributed by atoms with Crippen LogP contribution in [0.2, 0.25) is 0 Å². The summed E-state index contributed by atoms with van der Waals surface area (Å²) in [4.78, 5) is 14.8. The van der Waals surface area contributed by atoms with Gasteiger partial charge >= 0.3 is 0 Å². The van der Waals surface area contributed by atoms with Crippen LogP contribution in [0.25, 0.3) is 0 Å². The van der Waals surface area contributed by atoms with E-state index >= 15 is 0 Å². The molecule has 1 amide bonds. The molecule has 0 radical (unpaired) electrons. The van der Waals surface area contributed by atoms with Crippen LogP contribution in [-0.2, 0) is 6.54 Å². The SMILES string of the molecule is O=C(NC1CCCCC1O)c1ccc(CN2CCC(CO)CC2)cc1. The van der Waals surface area contributed by atoms with Crippen LogP contribution >= 0.6 is 0 Å². The molecular weight excluding hydrogens is 316 g/mol. The van der Waals surface area contributed by atoms with Crippen LogP contribution in [0.4, 0.5) is 0 Å². The summed E-state index contributed by atoms with van der Waals surface area (Å²) in [6, 6.07) is 7.67. The van der Waals surface area contributed by atoms with Gasteiger partial charge in [-0.15, -0.1) is 0 Å². The van der Waals surface area contributed by atoms with E-state index in [-0.39, 0.29) is 11.9 Å². The normalized spacial score (nSPS) is 25.7. The number of nitrogens with zero attached hydrogens (tertiary/aromatic N) is 1. The molecule has 1 heterocycles. The number of amides is 1. The Labute approximate surface area is 150 Å². The third-order valence-electron chi connectivity index (χ3n) is 5.63. The summed E-state index contributed by atoms with van der Waals surface area (Å²) in [5.74, 6) is 0.360. The summed E-state index contributed by atoms with van der Waals surface area (Å²) in [6.45, 7) is 3.23. The lowest BCUT2D eigenvalue weighted by Gasteiger charge is -2.31. The number of carbonyl (C=O) groups excluding carboxylic acids is 1. The van der Waals surface area contributed by atoms with Gasteiger partial charge in [0.05, 0.1) is 12.1 Å². The van der Waals surface area contributed by atoms with E-state index in [2.05, 4.69) is 10.2 Å². The Hall–Kier alpha value is -1.43. The molecule has 3 rings (SSSR count). The predicted octanol–water partition coefficient (Wildman–Crippen LogP) is 1.92. The van der Waals surface area contributed by atoms with Crippen molar-refractivity contribution in [3.63, 3.8) is 0 Å². The van der Waals surface area contributed by atoms with Gasteiger partial charge in [0.25, 0.3) is 5.91 Å². The Morgan fingerprint density at radius 1 is 1.08 bits per heavy atom. The van der Waals surface area contributed by atoms with Crippen LogP contribution in [0.3, 0.4) is 0 Å². The van der Waals surface area contributed by atoms with Crippen molar-refractivity contribution in [1.82, 2.24) is 10.2 Å². The summed E-state index contributed by atoms with van der Waals surface area (Å²) in [5.41, 5.74) is 1.86. The second-order valence-corrected chi connectivity index (χ2v) is 7.53. The maximum Gasteiger partial charge on any atom is 0.251 e. The van der Waals surface area contributed by atoms with Crippen molar-refractivity contribution in [1.29, 1.82) is 0 Å². The number of piperidine rings is 1. The molecule has 1 aromatic carbocycles. The fourth-order valence-corrected chi connectivity index (χ4v) is 3.88. The molecule has 0 spiro atoms. The van der Waals surface area contributed by atoms with Gasteiger partial charge in [-0.05, 0) is 62.4 Å². The summed E-state index contributed by atoms with van der Waals surface area (Å²) in [6.07, 6.45) is 5.43. The zero-order valence-electron chi connectivity index (χ0n) is 14.9. The molecule has 1 aliphatic carbocycles. The first kappa shape index (κ1) is 18.4. The molecule has 1 aliphatic heterocycles. The number of hydrogen-bond acceptors (Lipinski definition) is 4. The number of benzene rings is 1. The van der Waals surface area contributed by atoms with E-state index in [1.807, 2.05) is 24.3 Å². The first-order valence-corrected chi connectivity index (χ1v) is 9.57. The maximum atomic E-state index is 12.4. The number of aliphatic hydroxyl groups is 2. The molecular formula is C20H30N2O3. The van der Waals surface area contributed by atoms with Gasteiger partial charge in [0.1, 0.15) is 0 Å². The lowest BCUT2D eigenvalue weighted by atomic mass is 9.92. The first-order chi connectivity index (χ1) is 12.2. The third-order valence-corrected chi connectivity index (χ3v) is 5.63. The van der Waals surface area contributed by atoms with Gasteiger partial charge in [0.2, 0.25) is 0 Å². The summed E-state index contributed by atoms with van der Waals surface area (Å²) in [5, 5.41) is 22.2. The summed E-state index contributed by atoms with van der Waals surface area (Å²) >= 11 is 0. The van der Waals surface area contributed by atoms with Crippen LogP contribution in [0.1, 0.15) is 54.4 Å². The number of likely N-dealkylation sites (tertiary alicyclic amines) is 1. The molecule has 0 aromatic heterocycles. The standard InChI is InChI=1S/C20H30N2O3/c23-14-16-9-11-22(12-10-16)13-15-5-7-17(8-6-15)20(25)21-18-3-1-2-4-19(18)24/h5-8,16,18-19,23-24H,1-4,9-14H2,(H,21,25). The second kappa shape index (κ2) is 8.79. The highest BCUT2D eigenvalue weighted by atomic mass is 16.3. The minimum atomic E-state index is -0.418. The molecule has 25 heavy (non-hydrogen) atoms. The molecule has 138 valence electrons. The fourth-order valence-electron chi connectivity index (χ4n) is 3.88. The van der Waals surface area contributed by atoms with Gasteiger partial charge in [-0.2, -0.15) is 0 Å². The monoisotopic (exact) mass is 346 g/mol. The minimum Gasteiger partial charge on any atom is -0.396 e. The van der Waals surface area contributed by atoms with E-state index in [4.69, 9.17) is 0 Å². The van der Waals surface area contributed by atoms with Crippen molar-refractivity contribution in [3.8, 4) is 0 Å². The molecule has 2 atom stereocenters. The number of nitrogens with one attached hydrogen (secondary N) is 1. The zero-order valence-corrected chi connectivity index (χ0v) is 14.9. The number of carbonyl (C=O) groups is 1. The molecule has 1 aromatic rings. The van der Waals surface area contributed by atoms with Gasteiger partial charge in [0.15, 0.2) is 0 Å². The van der Waals surface area contributed by atoms with Crippen molar-refractivity contribution in [3.05, 3.63) is 35.4 Å². The molecule has 0 bridgehead atoms. The Balaban J connectivity index is 1.50. The van der Waals surface area contributed by atoms with E-state index in [0.29, 0.717) is 18.1 Å². The first-order valence-electron chi connectivity index (χ1n) is 9.57. The van der Waals surface area contributed by atoms with Gasteiger partial charge in [0, 0.05) is 18.7 Å². The fraction of sp³-hybridized carbons (Fsp3) is 0.650. The maximum absolute atomic E-state index is 12.4. The zero-order chi connectivity index (χ0) is 17.6. The van der Waals surface area contributed by atoms with E-state index in [1.165, 1.54) is 5.56 Å². The molecule has 1 saturated heterocycles. The largest absolute Gasteiger partial charge is 0.396 e. The van der Waals surface area contributed by atoms with E-state index < -0.39 is 6.10 Å². The minimum absolute atomic E-state index is 0.0961. The van der Waals surface area contributed by atoms with Crippen molar-refractivity contribution in [2.24, 2.45) is 5.92 Å². The molecule has 2 aliphatic rings. The van der Waals surface area contributed by atoms with Crippen LogP contribution in [0.15, 0.2) is 24.3 Å².